The van der Waals surface area contributed by atoms with Gasteiger partial charge in [0.2, 0.25) is 0 Å². The molecule has 0 saturated heterocycles. The third-order valence-corrected chi connectivity index (χ3v) is 5.01. The van der Waals surface area contributed by atoms with Gasteiger partial charge in [-0.2, -0.15) is 0 Å². The van der Waals surface area contributed by atoms with Crippen LogP contribution in [0.15, 0.2) is 15.9 Å². The number of fused-ring (bicyclic) bond motifs is 1. The number of aryl methyl sites for hydroxylation is 1. The maximum atomic E-state index is 12.4. The number of aromatic nitrogens is 4. The molecule has 0 spiro atoms. The van der Waals surface area contributed by atoms with E-state index in [1.54, 1.807) is 0 Å². The minimum Gasteiger partial charge on any atom is -0.454 e. The van der Waals surface area contributed by atoms with Crippen molar-refractivity contribution in [1.82, 2.24) is 24.0 Å². The summed E-state index contributed by atoms with van der Waals surface area (Å²) in [5, 5.41) is 2.79. The van der Waals surface area contributed by atoms with Gasteiger partial charge in [0.25, 0.3) is 11.5 Å². The topological polar surface area (TPSA) is 117 Å². The molecule has 2 aromatic heterocycles. The number of ether oxygens (including phenoxy) is 1. The Hall–Kier alpha value is -2.91. The summed E-state index contributed by atoms with van der Waals surface area (Å²) in [4.78, 5) is 52.4. The van der Waals surface area contributed by atoms with Gasteiger partial charge in [0.15, 0.2) is 17.8 Å². The first-order valence-electron chi connectivity index (χ1n) is 9.83. The van der Waals surface area contributed by atoms with Crippen LogP contribution < -0.4 is 16.6 Å². The van der Waals surface area contributed by atoms with Gasteiger partial charge in [-0.1, -0.05) is 33.1 Å². The van der Waals surface area contributed by atoms with Gasteiger partial charge in [-0.15, -0.1) is 0 Å². The lowest BCUT2D eigenvalue weighted by Gasteiger charge is -2.15. The number of imidazole rings is 1. The first-order valence-corrected chi connectivity index (χ1v) is 9.83. The van der Waals surface area contributed by atoms with Crippen LogP contribution in [0.4, 0.5) is 0 Å². The number of amides is 1. The van der Waals surface area contributed by atoms with Crippen LogP contribution in [0.1, 0.15) is 39.5 Å². The largest absolute Gasteiger partial charge is 0.454 e. The Bertz CT molecular complexity index is 987. The molecule has 10 nitrogen and oxygen atoms in total. The molecular weight excluding hydrogens is 378 g/mol. The number of rotatable bonds is 10. The molecule has 0 saturated carbocycles. The summed E-state index contributed by atoms with van der Waals surface area (Å²) in [6.07, 6.45) is 5.56. The number of esters is 1. The van der Waals surface area contributed by atoms with Crippen LogP contribution in [-0.2, 0) is 35.0 Å². The van der Waals surface area contributed by atoms with Gasteiger partial charge in [-0.05, 0) is 12.3 Å². The average molecular weight is 407 g/mol. The first-order chi connectivity index (χ1) is 13.8. The molecule has 1 N–H and O–H groups in total. The van der Waals surface area contributed by atoms with Crippen LogP contribution in [0.3, 0.4) is 0 Å². The van der Waals surface area contributed by atoms with Crippen molar-refractivity contribution >= 4 is 23.0 Å². The van der Waals surface area contributed by atoms with Gasteiger partial charge in [0.1, 0.15) is 6.54 Å². The fraction of sp³-hybridized carbons (Fsp3) is 0.632. The molecule has 0 bridgehead atoms. The molecule has 29 heavy (non-hydrogen) atoms. The molecule has 0 aromatic carbocycles. The van der Waals surface area contributed by atoms with Crippen LogP contribution >= 0.6 is 0 Å². The lowest BCUT2D eigenvalue weighted by atomic mass is 9.99. The van der Waals surface area contributed by atoms with Crippen molar-refractivity contribution in [2.24, 2.45) is 20.0 Å². The molecule has 0 radical (unpaired) electrons. The van der Waals surface area contributed by atoms with E-state index in [0.29, 0.717) is 12.5 Å². The zero-order valence-corrected chi connectivity index (χ0v) is 17.4. The molecule has 10 heteroatoms. The molecular formula is C19H29N5O5. The van der Waals surface area contributed by atoms with Crippen LogP contribution in [0.25, 0.3) is 11.2 Å². The van der Waals surface area contributed by atoms with E-state index in [9.17, 15) is 19.2 Å². The zero-order valence-electron chi connectivity index (χ0n) is 17.4. The molecule has 1 amide bonds. The molecule has 0 aliphatic heterocycles. The third-order valence-electron chi connectivity index (χ3n) is 5.01. The molecule has 0 unspecified atom stereocenters. The number of hydrogen-bond acceptors (Lipinski definition) is 6. The Morgan fingerprint density at radius 3 is 2.59 bits per heavy atom. The number of carbonyl (C=O) groups excluding carboxylic acids is 2. The fourth-order valence-corrected chi connectivity index (χ4v) is 3.10. The lowest BCUT2D eigenvalue weighted by Crippen LogP contribution is -2.37. The zero-order chi connectivity index (χ0) is 21.6. The highest BCUT2D eigenvalue weighted by Gasteiger charge is 2.17. The highest BCUT2D eigenvalue weighted by Crippen LogP contribution is 2.11. The predicted molar refractivity (Wildman–Crippen MR) is 107 cm³/mol. The van der Waals surface area contributed by atoms with E-state index in [2.05, 4.69) is 24.1 Å². The van der Waals surface area contributed by atoms with Gasteiger partial charge in [-0.25, -0.2) is 9.78 Å². The van der Waals surface area contributed by atoms with Gasteiger partial charge >= 0.3 is 11.7 Å². The second-order valence-electron chi connectivity index (χ2n) is 7.13. The highest BCUT2D eigenvalue weighted by molar-refractivity contribution is 5.81. The molecule has 0 fully saturated rings. The Morgan fingerprint density at radius 1 is 1.21 bits per heavy atom. The Kier molecular flexibility index (Phi) is 7.74. The highest BCUT2D eigenvalue weighted by atomic mass is 16.5. The van der Waals surface area contributed by atoms with E-state index < -0.39 is 17.2 Å². The smallest absolute Gasteiger partial charge is 0.332 e. The van der Waals surface area contributed by atoms with Crippen molar-refractivity contribution in [3.05, 3.63) is 27.2 Å². The lowest BCUT2D eigenvalue weighted by molar-refractivity contribution is -0.149. The molecule has 2 aromatic rings. The maximum Gasteiger partial charge on any atom is 0.332 e. The van der Waals surface area contributed by atoms with Crippen LogP contribution in [-0.4, -0.2) is 43.7 Å². The Morgan fingerprint density at radius 2 is 1.93 bits per heavy atom. The SMILES string of the molecule is CCCC[C@@H](CC)CNC(=O)COC(=O)Cn1cnc2c1c(=O)n(C)c(=O)n2C. The summed E-state index contributed by atoms with van der Waals surface area (Å²) >= 11 is 0. The van der Waals surface area contributed by atoms with Gasteiger partial charge < -0.3 is 14.6 Å². The van der Waals surface area contributed by atoms with Crippen molar-refractivity contribution in [3.63, 3.8) is 0 Å². The van der Waals surface area contributed by atoms with E-state index >= 15 is 0 Å². The molecule has 0 aliphatic carbocycles. The van der Waals surface area contributed by atoms with Crippen LogP contribution in [0.2, 0.25) is 0 Å². The average Bonchev–Trinajstić information content (AvgIpc) is 3.12. The second kappa shape index (κ2) is 10.0. The molecule has 2 heterocycles. The Labute approximate surface area is 168 Å². The van der Waals surface area contributed by atoms with Crippen molar-refractivity contribution < 1.29 is 14.3 Å². The first kappa shape index (κ1) is 22.4. The number of carbonyl (C=O) groups is 2. The number of nitrogens with zero attached hydrogens (tertiary/aromatic N) is 4. The normalized spacial score (nSPS) is 12.1. The van der Waals surface area contributed by atoms with E-state index in [0.717, 1.165) is 30.3 Å². The summed E-state index contributed by atoms with van der Waals surface area (Å²) in [6, 6.07) is 0. The summed E-state index contributed by atoms with van der Waals surface area (Å²) in [6.45, 7) is 4.10. The van der Waals surface area contributed by atoms with Gasteiger partial charge in [0.05, 0.1) is 6.33 Å². The Balaban J connectivity index is 1.94. The summed E-state index contributed by atoms with van der Waals surface area (Å²) in [5.74, 6) is -0.620. The van der Waals surface area contributed by atoms with Gasteiger partial charge in [0, 0.05) is 20.6 Å². The van der Waals surface area contributed by atoms with E-state index in [1.165, 1.54) is 29.6 Å². The molecule has 160 valence electrons. The fourth-order valence-electron chi connectivity index (χ4n) is 3.10. The van der Waals surface area contributed by atoms with Crippen molar-refractivity contribution in [2.75, 3.05) is 13.2 Å². The van der Waals surface area contributed by atoms with E-state index in [4.69, 9.17) is 4.74 Å². The number of hydrogen-bond donors (Lipinski definition) is 1. The summed E-state index contributed by atoms with van der Waals surface area (Å²) in [5.41, 5.74) is -0.751. The quantitative estimate of drug-likeness (QED) is 0.567. The van der Waals surface area contributed by atoms with Crippen LogP contribution in [0, 0.1) is 5.92 Å². The standard InChI is InChI=1S/C19H29N5O5/c1-5-7-8-13(6-2)9-20-14(25)11-29-15(26)10-24-12-21-17-16(24)18(27)23(4)19(28)22(17)3/h12-13H,5-11H2,1-4H3,(H,20,25)/t13-/m1/s1. The van der Waals surface area contributed by atoms with Crippen molar-refractivity contribution in [1.29, 1.82) is 0 Å². The summed E-state index contributed by atoms with van der Waals surface area (Å²) < 4.78 is 8.51. The monoisotopic (exact) mass is 407 g/mol. The number of unbranched alkanes of at least 4 members (excludes halogenated alkanes) is 1. The van der Waals surface area contributed by atoms with Crippen molar-refractivity contribution in [3.8, 4) is 0 Å². The predicted octanol–water partition coefficient (Wildman–Crippen LogP) is 0.310. The number of nitrogens with one attached hydrogen (secondary N) is 1. The molecule has 0 aliphatic rings. The molecule has 1 atom stereocenters. The van der Waals surface area contributed by atoms with E-state index in [-0.39, 0.29) is 30.2 Å². The van der Waals surface area contributed by atoms with Gasteiger partial charge in [-0.3, -0.25) is 23.5 Å². The second-order valence-corrected chi connectivity index (χ2v) is 7.13. The summed E-state index contributed by atoms with van der Waals surface area (Å²) in [7, 11) is 2.85. The van der Waals surface area contributed by atoms with E-state index in [1.807, 2.05) is 0 Å². The minimum absolute atomic E-state index is 0.123. The third kappa shape index (κ3) is 5.33. The molecule has 2 rings (SSSR count). The maximum absolute atomic E-state index is 12.4. The van der Waals surface area contributed by atoms with Crippen LogP contribution in [0.5, 0.6) is 0 Å². The minimum atomic E-state index is -0.673. The van der Waals surface area contributed by atoms with Crippen molar-refractivity contribution in [2.45, 2.75) is 46.1 Å².